The number of aromatic nitrogens is 3. The van der Waals surface area contributed by atoms with Gasteiger partial charge in [-0.3, -0.25) is 14.4 Å². The van der Waals surface area contributed by atoms with Crippen LogP contribution < -0.4 is 14.4 Å². The number of ether oxygens (including phenoxy) is 2. The van der Waals surface area contributed by atoms with E-state index in [4.69, 9.17) is 14.5 Å². The van der Waals surface area contributed by atoms with Crippen molar-refractivity contribution >= 4 is 32.6 Å². The molecule has 0 fully saturated rings. The molecule has 31 heavy (non-hydrogen) atoms. The van der Waals surface area contributed by atoms with Gasteiger partial charge in [0.25, 0.3) is 5.91 Å². The molecule has 0 unspecified atom stereocenters. The third-order valence-corrected chi connectivity index (χ3v) is 5.74. The maximum absolute atomic E-state index is 13.1. The molecule has 1 amide bonds. The van der Waals surface area contributed by atoms with Gasteiger partial charge >= 0.3 is 0 Å². The fourth-order valence-corrected chi connectivity index (χ4v) is 4.15. The Morgan fingerprint density at radius 1 is 1.13 bits per heavy atom. The van der Waals surface area contributed by atoms with E-state index in [2.05, 4.69) is 5.10 Å². The zero-order chi connectivity index (χ0) is 21.6. The summed E-state index contributed by atoms with van der Waals surface area (Å²) in [4.78, 5) is 19.5. The first-order valence-corrected chi connectivity index (χ1v) is 11.0. The van der Waals surface area contributed by atoms with Gasteiger partial charge in [-0.15, -0.1) is 0 Å². The molecule has 0 saturated carbocycles. The third kappa shape index (κ3) is 5.03. The van der Waals surface area contributed by atoms with Crippen LogP contribution in [0, 0.1) is 6.92 Å². The molecule has 0 atom stereocenters. The van der Waals surface area contributed by atoms with Crippen molar-refractivity contribution in [3.63, 3.8) is 0 Å². The van der Waals surface area contributed by atoms with E-state index < -0.39 is 0 Å². The van der Waals surface area contributed by atoms with Crippen molar-refractivity contribution in [2.24, 2.45) is 0 Å². The number of hydrogen-bond acceptors (Lipinski definition) is 6. The highest BCUT2D eigenvalue weighted by Gasteiger charge is 2.21. The van der Waals surface area contributed by atoms with E-state index in [-0.39, 0.29) is 12.5 Å². The van der Waals surface area contributed by atoms with Crippen LogP contribution in [0.15, 0.2) is 60.9 Å². The molecule has 8 heteroatoms. The van der Waals surface area contributed by atoms with Crippen LogP contribution in [-0.4, -0.2) is 40.4 Å². The van der Waals surface area contributed by atoms with Gasteiger partial charge in [-0.2, -0.15) is 5.10 Å². The molecule has 0 saturated heterocycles. The highest BCUT2D eigenvalue weighted by molar-refractivity contribution is 7.22. The van der Waals surface area contributed by atoms with Gasteiger partial charge in [-0.1, -0.05) is 35.1 Å². The highest BCUT2D eigenvalue weighted by atomic mass is 32.1. The van der Waals surface area contributed by atoms with Crippen molar-refractivity contribution < 1.29 is 14.3 Å². The van der Waals surface area contributed by atoms with E-state index in [0.717, 1.165) is 21.5 Å². The van der Waals surface area contributed by atoms with Gasteiger partial charge in [0.1, 0.15) is 17.0 Å². The lowest BCUT2D eigenvalue weighted by atomic mass is 10.2. The molecule has 4 rings (SSSR count). The predicted octanol–water partition coefficient (Wildman–Crippen LogP) is 4.31. The Kier molecular flexibility index (Phi) is 6.47. The minimum atomic E-state index is -0.162. The number of aryl methyl sites for hydroxylation is 1. The van der Waals surface area contributed by atoms with E-state index in [1.54, 1.807) is 15.8 Å². The summed E-state index contributed by atoms with van der Waals surface area (Å²) in [5.74, 6) is 1.22. The topological polar surface area (TPSA) is 69.5 Å². The van der Waals surface area contributed by atoms with Crippen LogP contribution in [0.3, 0.4) is 0 Å². The van der Waals surface area contributed by atoms with Crippen LogP contribution in [0.1, 0.15) is 12.5 Å². The van der Waals surface area contributed by atoms with Crippen LogP contribution in [0.2, 0.25) is 0 Å². The van der Waals surface area contributed by atoms with Crippen LogP contribution in [0.4, 0.5) is 5.13 Å². The Labute approximate surface area is 184 Å². The molecule has 0 bridgehead atoms. The molecule has 0 aliphatic carbocycles. The summed E-state index contributed by atoms with van der Waals surface area (Å²) >= 11 is 1.46. The molecule has 0 N–H and O–H groups in total. The minimum absolute atomic E-state index is 0.0730. The van der Waals surface area contributed by atoms with Gasteiger partial charge < -0.3 is 9.47 Å². The molecule has 0 radical (unpaired) electrons. The first-order chi connectivity index (χ1) is 15.1. The van der Waals surface area contributed by atoms with Gasteiger partial charge in [-0.05, 0) is 44.2 Å². The summed E-state index contributed by atoms with van der Waals surface area (Å²) in [5.41, 5.74) is 1.90. The SMILES string of the molecule is CCOc1cccc2sc(N(CCn3cccn3)C(=O)COc3ccc(C)cc3)nc12. The van der Waals surface area contributed by atoms with Gasteiger partial charge in [0.05, 0.1) is 17.9 Å². The number of rotatable bonds is 9. The van der Waals surface area contributed by atoms with E-state index >= 15 is 0 Å². The van der Waals surface area contributed by atoms with E-state index in [0.29, 0.717) is 30.6 Å². The lowest BCUT2D eigenvalue weighted by Crippen LogP contribution is -2.37. The Balaban J connectivity index is 1.57. The fourth-order valence-electron chi connectivity index (χ4n) is 3.12. The summed E-state index contributed by atoms with van der Waals surface area (Å²) in [6.07, 6.45) is 3.59. The van der Waals surface area contributed by atoms with Crippen LogP contribution in [0.5, 0.6) is 11.5 Å². The van der Waals surface area contributed by atoms with Gasteiger partial charge in [0.2, 0.25) is 0 Å². The number of amides is 1. The Bertz CT molecular complexity index is 1140. The second-order valence-corrected chi connectivity index (χ2v) is 7.96. The first-order valence-electron chi connectivity index (χ1n) is 10.1. The van der Waals surface area contributed by atoms with Crippen molar-refractivity contribution in [3.8, 4) is 11.5 Å². The number of hydrogen-bond donors (Lipinski definition) is 0. The van der Waals surface area contributed by atoms with Crippen molar-refractivity contribution in [1.82, 2.24) is 14.8 Å². The monoisotopic (exact) mass is 436 g/mol. The summed E-state index contributed by atoms with van der Waals surface area (Å²) in [7, 11) is 0. The lowest BCUT2D eigenvalue weighted by Gasteiger charge is -2.20. The summed E-state index contributed by atoms with van der Waals surface area (Å²) in [5, 5.41) is 4.85. The number of nitrogens with zero attached hydrogens (tertiary/aromatic N) is 4. The molecule has 0 spiro atoms. The second-order valence-electron chi connectivity index (χ2n) is 6.95. The number of fused-ring (bicyclic) bond motifs is 1. The molecule has 2 aromatic carbocycles. The van der Waals surface area contributed by atoms with Crippen LogP contribution in [-0.2, 0) is 11.3 Å². The van der Waals surface area contributed by atoms with E-state index in [9.17, 15) is 4.79 Å². The highest BCUT2D eigenvalue weighted by Crippen LogP contribution is 2.34. The number of benzene rings is 2. The fraction of sp³-hybridized carbons (Fsp3) is 0.261. The molecule has 0 aliphatic rings. The molecular weight excluding hydrogens is 412 g/mol. The molecule has 7 nitrogen and oxygen atoms in total. The standard InChI is InChI=1S/C23H24N4O3S/c1-3-29-19-6-4-7-20-22(19)25-23(31-20)27(15-14-26-13-5-12-24-26)21(28)16-30-18-10-8-17(2)9-11-18/h4-13H,3,14-16H2,1-2H3. The Morgan fingerprint density at radius 2 is 1.97 bits per heavy atom. The zero-order valence-corrected chi connectivity index (χ0v) is 18.3. The number of para-hydroxylation sites is 1. The largest absolute Gasteiger partial charge is 0.492 e. The van der Waals surface area contributed by atoms with Crippen molar-refractivity contribution in [2.75, 3.05) is 24.7 Å². The average Bonchev–Trinajstić information content (AvgIpc) is 3.44. The number of anilines is 1. The Morgan fingerprint density at radius 3 is 2.71 bits per heavy atom. The maximum atomic E-state index is 13.1. The van der Waals surface area contributed by atoms with Gasteiger partial charge in [0, 0.05) is 18.9 Å². The molecule has 0 aliphatic heterocycles. The van der Waals surface area contributed by atoms with Crippen molar-refractivity contribution in [3.05, 3.63) is 66.5 Å². The second kappa shape index (κ2) is 9.61. The quantitative estimate of drug-likeness (QED) is 0.391. The van der Waals surface area contributed by atoms with Gasteiger partial charge in [-0.25, -0.2) is 4.98 Å². The van der Waals surface area contributed by atoms with E-state index in [1.165, 1.54) is 11.3 Å². The minimum Gasteiger partial charge on any atom is -0.492 e. The summed E-state index contributed by atoms with van der Waals surface area (Å²) in [6, 6.07) is 15.3. The summed E-state index contributed by atoms with van der Waals surface area (Å²) in [6.45, 7) is 5.41. The zero-order valence-electron chi connectivity index (χ0n) is 17.5. The summed E-state index contributed by atoms with van der Waals surface area (Å²) < 4.78 is 14.2. The molecule has 2 heterocycles. The number of carbonyl (C=O) groups excluding carboxylic acids is 1. The predicted molar refractivity (Wildman–Crippen MR) is 122 cm³/mol. The van der Waals surface area contributed by atoms with E-state index in [1.807, 2.05) is 68.6 Å². The molecule has 160 valence electrons. The van der Waals surface area contributed by atoms with Crippen LogP contribution >= 0.6 is 11.3 Å². The maximum Gasteiger partial charge on any atom is 0.266 e. The third-order valence-electron chi connectivity index (χ3n) is 4.70. The molecule has 4 aromatic rings. The smallest absolute Gasteiger partial charge is 0.266 e. The Hall–Kier alpha value is -3.39. The van der Waals surface area contributed by atoms with Crippen molar-refractivity contribution in [1.29, 1.82) is 0 Å². The van der Waals surface area contributed by atoms with Crippen molar-refractivity contribution in [2.45, 2.75) is 20.4 Å². The number of carbonyl (C=O) groups is 1. The van der Waals surface area contributed by atoms with Crippen LogP contribution in [0.25, 0.3) is 10.2 Å². The van der Waals surface area contributed by atoms with Gasteiger partial charge in [0.15, 0.2) is 11.7 Å². The number of thiazole rings is 1. The lowest BCUT2D eigenvalue weighted by molar-refractivity contribution is -0.120. The first kappa shape index (κ1) is 20.9. The average molecular weight is 437 g/mol. The normalized spacial score (nSPS) is 10.9. The molecule has 2 aromatic heterocycles. The molecular formula is C23H24N4O3S.